The number of carbonyl (C=O) groups excluding carboxylic acids is 1. The molecule has 174 valence electrons. The number of para-hydroxylation sites is 1. The number of hydrogen-bond donors (Lipinski definition) is 1. The van der Waals surface area contributed by atoms with E-state index in [1.807, 2.05) is 70.2 Å². The number of amides is 1. The van der Waals surface area contributed by atoms with Crippen LogP contribution in [0.5, 0.6) is 5.75 Å². The molecule has 4 aromatic rings. The van der Waals surface area contributed by atoms with Gasteiger partial charge >= 0.3 is 0 Å². The lowest BCUT2D eigenvalue weighted by Gasteiger charge is -2.43. The molecule has 0 bridgehead atoms. The van der Waals surface area contributed by atoms with Crippen LogP contribution in [0.4, 0.5) is 5.95 Å². The molecule has 35 heavy (non-hydrogen) atoms. The van der Waals surface area contributed by atoms with E-state index in [2.05, 4.69) is 54.1 Å². The number of fused-ring (bicyclic) bond motifs is 3. The van der Waals surface area contributed by atoms with Crippen molar-refractivity contribution in [3.05, 3.63) is 110 Å². The summed E-state index contributed by atoms with van der Waals surface area (Å²) < 4.78 is 10.5. The molecule has 0 fully saturated rings. The van der Waals surface area contributed by atoms with E-state index in [0.29, 0.717) is 5.95 Å². The van der Waals surface area contributed by atoms with Gasteiger partial charge in [0, 0.05) is 20.1 Å². The largest absolute Gasteiger partial charge is 0.480 e. The molecule has 0 aliphatic carbocycles. The van der Waals surface area contributed by atoms with Gasteiger partial charge in [0.2, 0.25) is 11.9 Å². The van der Waals surface area contributed by atoms with Crippen LogP contribution in [-0.4, -0.2) is 27.2 Å². The summed E-state index contributed by atoms with van der Waals surface area (Å²) in [5.74, 6) is 0.829. The predicted molar refractivity (Wildman–Crippen MR) is 140 cm³/mol. The second-order valence-electron chi connectivity index (χ2n) is 8.36. The highest BCUT2D eigenvalue weighted by Crippen LogP contribution is 2.52. The lowest BCUT2D eigenvalue weighted by molar-refractivity contribution is -0.116. The Balaban J connectivity index is 1.67. The molecule has 2 aliphatic rings. The molecule has 7 nitrogen and oxygen atoms in total. The van der Waals surface area contributed by atoms with Crippen LogP contribution < -0.4 is 15.4 Å². The van der Waals surface area contributed by atoms with Gasteiger partial charge in [0.25, 0.3) is 0 Å². The molecule has 1 aromatic heterocycles. The van der Waals surface area contributed by atoms with Gasteiger partial charge < -0.3 is 15.4 Å². The Bertz CT molecular complexity index is 1460. The molecule has 0 radical (unpaired) electrons. The summed E-state index contributed by atoms with van der Waals surface area (Å²) in [6.07, 6.45) is 1.09. The fourth-order valence-electron chi connectivity index (χ4n) is 4.82. The number of aromatic nitrogens is 3. The highest BCUT2D eigenvalue weighted by Gasteiger charge is 2.44. The maximum absolute atomic E-state index is 12.2. The average molecular weight is 593 g/mol. The van der Waals surface area contributed by atoms with Gasteiger partial charge in [-0.25, -0.2) is 4.68 Å². The third-order valence-corrected chi connectivity index (χ3v) is 7.28. The average Bonchev–Trinajstić information content (AvgIpc) is 3.34. The van der Waals surface area contributed by atoms with Gasteiger partial charge in [-0.2, -0.15) is 10.1 Å². The minimum absolute atomic E-state index is 0.0357. The minimum atomic E-state index is -0.461. The molecule has 1 amide bonds. The lowest BCUT2D eigenvalue weighted by Crippen LogP contribution is -2.42. The van der Waals surface area contributed by atoms with E-state index in [1.54, 1.807) is 0 Å². The molecule has 0 saturated heterocycles. The monoisotopic (exact) mass is 591 g/mol. The maximum Gasteiger partial charge on any atom is 0.237 e. The standard InChI is InChI=1S/C26H19Br2N5O2/c27-17-9-5-15(6-10-17)23-22-24(32(13-21(29)34)26-30-14-31-33(23)26)19-3-1-2-4-20(19)35-25(22)16-7-11-18(28)12-8-16/h1-12,14,23,25H,13H2,(H2,29,34). The van der Waals surface area contributed by atoms with Crippen LogP contribution in [0.1, 0.15) is 28.8 Å². The molecule has 2 unspecified atom stereocenters. The predicted octanol–water partition coefficient (Wildman–Crippen LogP) is 5.24. The number of rotatable bonds is 4. The fourth-order valence-corrected chi connectivity index (χ4v) is 5.35. The molecular formula is C26H19Br2N5O2. The molecule has 9 heteroatoms. The number of nitrogens with two attached hydrogens (primary N) is 1. The summed E-state index contributed by atoms with van der Waals surface area (Å²) >= 11 is 7.07. The van der Waals surface area contributed by atoms with Gasteiger partial charge in [0.15, 0.2) is 0 Å². The van der Waals surface area contributed by atoms with Crippen LogP contribution in [-0.2, 0) is 4.79 Å². The second-order valence-corrected chi connectivity index (χ2v) is 10.2. The maximum atomic E-state index is 12.2. The normalized spacial score (nSPS) is 18.4. The Morgan fingerprint density at radius 1 is 0.943 bits per heavy atom. The zero-order valence-electron chi connectivity index (χ0n) is 18.3. The molecule has 3 aromatic carbocycles. The number of benzene rings is 3. The van der Waals surface area contributed by atoms with E-state index in [0.717, 1.165) is 42.7 Å². The summed E-state index contributed by atoms with van der Waals surface area (Å²) in [5, 5.41) is 4.59. The Morgan fingerprint density at radius 3 is 2.29 bits per heavy atom. The van der Waals surface area contributed by atoms with Crippen LogP contribution in [0, 0.1) is 0 Å². The first-order valence-corrected chi connectivity index (χ1v) is 12.6. The number of ether oxygens (including phenoxy) is 1. The number of hydrogen-bond acceptors (Lipinski definition) is 5. The quantitative estimate of drug-likeness (QED) is 0.350. The van der Waals surface area contributed by atoms with Crippen molar-refractivity contribution in [2.24, 2.45) is 5.73 Å². The molecular weight excluding hydrogens is 574 g/mol. The molecule has 0 spiro atoms. The summed E-state index contributed by atoms with van der Waals surface area (Å²) in [4.78, 5) is 18.6. The highest BCUT2D eigenvalue weighted by atomic mass is 79.9. The van der Waals surface area contributed by atoms with Crippen molar-refractivity contribution in [2.45, 2.75) is 12.1 Å². The molecule has 2 atom stereocenters. The van der Waals surface area contributed by atoms with Gasteiger partial charge in [-0.05, 0) is 47.5 Å². The van der Waals surface area contributed by atoms with Crippen molar-refractivity contribution in [2.75, 3.05) is 11.4 Å². The SMILES string of the molecule is NC(=O)CN1C2=C(C(c3ccc(Br)cc3)Oc3ccccc32)C(c2ccc(Br)cc2)n2ncnc21. The number of anilines is 1. The first kappa shape index (κ1) is 22.1. The van der Waals surface area contributed by atoms with Crippen molar-refractivity contribution in [3.8, 4) is 5.75 Å². The molecule has 2 N–H and O–H groups in total. The fraction of sp³-hybridized carbons (Fsp3) is 0.115. The molecule has 2 aliphatic heterocycles. The number of nitrogens with zero attached hydrogens (tertiary/aromatic N) is 4. The van der Waals surface area contributed by atoms with Crippen LogP contribution in [0.3, 0.4) is 0 Å². The third kappa shape index (κ3) is 3.75. The zero-order chi connectivity index (χ0) is 24.1. The molecule has 3 heterocycles. The number of carbonyl (C=O) groups is 1. The van der Waals surface area contributed by atoms with Gasteiger partial charge in [0.1, 0.15) is 30.8 Å². The Labute approximate surface area is 218 Å². The summed E-state index contributed by atoms with van der Waals surface area (Å²) in [6, 6.07) is 23.8. The Kier molecular flexibility index (Phi) is 5.46. The summed E-state index contributed by atoms with van der Waals surface area (Å²) in [6.45, 7) is -0.0357. The van der Waals surface area contributed by atoms with E-state index in [1.165, 1.54) is 6.33 Å². The van der Waals surface area contributed by atoms with Crippen LogP contribution in [0.2, 0.25) is 0 Å². The van der Waals surface area contributed by atoms with Crippen molar-refractivity contribution < 1.29 is 9.53 Å². The van der Waals surface area contributed by atoms with Gasteiger partial charge in [0.05, 0.1) is 5.70 Å². The van der Waals surface area contributed by atoms with E-state index < -0.39 is 12.0 Å². The van der Waals surface area contributed by atoms with Crippen molar-refractivity contribution in [1.29, 1.82) is 0 Å². The van der Waals surface area contributed by atoms with Crippen LogP contribution >= 0.6 is 31.9 Å². The van der Waals surface area contributed by atoms with Crippen LogP contribution in [0.25, 0.3) is 5.70 Å². The number of halogens is 2. The summed E-state index contributed by atoms with van der Waals surface area (Å²) in [7, 11) is 0. The topological polar surface area (TPSA) is 86.3 Å². The first-order valence-electron chi connectivity index (χ1n) is 11.0. The Hall–Kier alpha value is -3.43. The van der Waals surface area contributed by atoms with Gasteiger partial charge in [-0.1, -0.05) is 68.3 Å². The molecule has 0 saturated carbocycles. The van der Waals surface area contributed by atoms with Crippen LogP contribution in [0.15, 0.2) is 93.6 Å². The summed E-state index contributed by atoms with van der Waals surface area (Å²) in [5.41, 5.74) is 10.4. The van der Waals surface area contributed by atoms with Gasteiger partial charge in [-0.3, -0.25) is 4.79 Å². The second kappa shape index (κ2) is 8.66. The Morgan fingerprint density at radius 2 is 1.60 bits per heavy atom. The first-order chi connectivity index (χ1) is 17.0. The minimum Gasteiger partial charge on any atom is -0.480 e. The van der Waals surface area contributed by atoms with E-state index in [4.69, 9.17) is 10.5 Å². The molecule has 6 rings (SSSR count). The smallest absolute Gasteiger partial charge is 0.237 e. The lowest BCUT2D eigenvalue weighted by atomic mass is 9.84. The zero-order valence-corrected chi connectivity index (χ0v) is 21.5. The van der Waals surface area contributed by atoms with Crippen molar-refractivity contribution in [3.63, 3.8) is 0 Å². The van der Waals surface area contributed by atoms with Crippen molar-refractivity contribution >= 4 is 49.4 Å². The van der Waals surface area contributed by atoms with Crippen molar-refractivity contribution in [1.82, 2.24) is 14.8 Å². The van der Waals surface area contributed by atoms with E-state index in [-0.39, 0.29) is 12.6 Å². The third-order valence-electron chi connectivity index (χ3n) is 6.22. The number of primary amides is 1. The van der Waals surface area contributed by atoms with E-state index in [9.17, 15) is 4.79 Å². The van der Waals surface area contributed by atoms with E-state index >= 15 is 0 Å². The van der Waals surface area contributed by atoms with Gasteiger partial charge in [-0.15, -0.1) is 0 Å². The highest BCUT2D eigenvalue weighted by molar-refractivity contribution is 9.10.